The molecule has 14 nitrogen and oxygen atoms in total. The summed E-state index contributed by atoms with van der Waals surface area (Å²) in [4.78, 5) is 61.8. The van der Waals surface area contributed by atoms with Crippen LogP contribution in [-0.4, -0.2) is 69.9 Å². The summed E-state index contributed by atoms with van der Waals surface area (Å²) in [6.45, 7) is 5.31. The molecular formula is C28H32N8O6. The Bertz CT molecular complexity index is 1830. The fourth-order valence-corrected chi connectivity index (χ4v) is 4.88. The molecule has 0 aliphatic carbocycles. The summed E-state index contributed by atoms with van der Waals surface area (Å²) in [5, 5.41) is 16.3. The first-order chi connectivity index (χ1) is 20.0. The number of carboxylic acids is 2. The van der Waals surface area contributed by atoms with Crippen molar-refractivity contribution >= 4 is 40.0 Å². The van der Waals surface area contributed by atoms with Gasteiger partial charge in [0, 0.05) is 37.3 Å². The van der Waals surface area contributed by atoms with Crippen molar-refractivity contribution in [3.8, 4) is 11.8 Å². The van der Waals surface area contributed by atoms with Crippen molar-refractivity contribution < 1.29 is 19.8 Å². The van der Waals surface area contributed by atoms with Crippen molar-refractivity contribution in [2.75, 3.05) is 18.0 Å². The van der Waals surface area contributed by atoms with Gasteiger partial charge in [-0.3, -0.25) is 28.1 Å². The molecule has 14 heteroatoms. The zero-order valence-corrected chi connectivity index (χ0v) is 23.6. The van der Waals surface area contributed by atoms with Gasteiger partial charge in [0.15, 0.2) is 11.2 Å². The maximum atomic E-state index is 13.7. The van der Waals surface area contributed by atoms with E-state index in [2.05, 4.69) is 26.7 Å². The molecular weight excluding hydrogens is 544 g/mol. The molecule has 0 amide bonds. The van der Waals surface area contributed by atoms with Gasteiger partial charge in [0.2, 0.25) is 5.95 Å². The lowest BCUT2D eigenvalue weighted by atomic mass is 10.1. The maximum absolute atomic E-state index is 13.7. The number of aryl methyl sites for hydroxylation is 2. The molecule has 0 radical (unpaired) electrons. The second-order valence-corrected chi connectivity index (χ2v) is 9.88. The fourth-order valence-electron chi connectivity index (χ4n) is 4.88. The van der Waals surface area contributed by atoms with Gasteiger partial charge in [-0.25, -0.2) is 14.8 Å². The number of carboxylic acid groups (broad SMARTS) is 2. The average molecular weight is 577 g/mol. The van der Waals surface area contributed by atoms with Crippen LogP contribution in [0.15, 0.2) is 33.9 Å². The molecule has 1 aliphatic heterocycles. The molecule has 1 atom stereocenters. The molecule has 0 spiro atoms. The lowest BCUT2D eigenvalue weighted by Crippen LogP contribution is -2.44. The molecule has 1 aromatic carbocycles. The van der Waals surface area contributed by atoms with Crippen LogP contribution in [0.2, 0.25) is 0 Å². The van der Waals surface area contributed by atoms with Gasteiger partial charge >= 0.3 is 17.6 Å². The Kier molecular flexibility index (Phi) is 9.02. The Balaban J connectivity index is 0.000000517. The molecule has 1 fully saturated rings. The van der Waals surface area contributed by atoms with E-state index in [0.717, 1.165) is 36.0 Å². The maximum Gasteiger partial charge on any atom is 0.332 e. The summed E-state index contributed by atoms with van der Waals surface area (Å²) in [5.41, 5.74) is 7.54. The second-order valence-electron chi connectivity index (χ2n) is 9.88. The van der Waals surface area contributed by atoms with E-state index >= 15 is 0 Å². The summed E-state index contributed by atoms with van der Waals surface area (Å²) in [7, 11) is 1.63. The standard InChI is InChI=1S/C25H28N8O2.C3H4O4/c1-4-5-13-32-21-22(29-24(32)31-12-8-9-17(26)14-31)30(3)25(35)33(23(21)34)15-20-27-16(2)18-10-6-7-11-19(18)28-20;4-2(5)1-3(6)7/h6-7,10-11,17H,8-9,12-15,26H2,1-3H3;1H2,(H,4,5)(H,6,7)/t17-;/m1./s1. The number of nitrogens with two attached hydrogens (primary N) is 1. The minimum absolute atomic E-state index is 0.0306. The van der Waals surface area contributed by atoms with Crippen LogP contribution in [0.25, 0.3) is 22.1 Å². The number of benzene rings is 1. The van der Waals surface area contributed by atoms with Gasteiger partial charge in [-0.05, 0) is 32.8 Å². The van der Waals surface area contributed by atoms with Crippen molar-refractivity contribution in [1.29, 1.82) is 0 Å². The first kappa shape index (κ1) is 29.9. The van der Waals surface area contributed by atoms with Gasteiger partial charge in [0.25, 0.3) is 5.56 Å². The number of nitrogens with zero attached hydrogens (tertiary/aromatic N) is 7. The number of piperidine rings is 1. The van der Waals surface area contributed by atoms with Crippen LogP contribution >= 0.6 is 0 Å². The van der Waals surface area contributed by atoms with Crippen molar-refractivity contribution in [1.82, 2.24) is 28.7 Å². The number of carbonyl (C=O) groups is 2. The van der Waals surface area contributed by atoms with E-state index in [9.17, 15) is 19.2 Å². The highest BCUT2D eigenvalue weighted by Crippen LogP contribution is 2.23. The Labute approximate surface area is 240 Å². The topological polar surface area (TPSA) is 191 Å². The first-order valence-electron chi connectivity index (χ1n) is 13.3. The molecule has 1 aliphatic rings. The van der Waals surface area contributed by atoms with Crippen LogP contribution in [0.3, 0.4) is 0 Å². The lowest BCUT2D eigenvalue weighted by Gasteiger charge is -2.31. The van der Waals surface area contributed by atoms with Crippen LogP contribution in [0.5, 0.6) is 0 Å². The van der Waals surface area contributed by atoms with Crippen molar-refractivity contribution in [3.63, 3.8) is 0 Å². The Morgan fingerprint density at radius 1 is 1.10 bits per heavy atom. The van der Waals surface area contributed by atoms with Gasteiger partial charge < -0.3 is 20.8 Å². The molecule has 4 aromatic rings. The number of hydrogen-bond acceptors (Lipinski definition) is 9. The van der Waals surface area contributed by atoms with Crippen LogP contribution in [0.4, 0.5) is 5.95 Å². The first-order valence-corrected chi connectivity index (χ1v) is 13.3. The second kappa shape index (κ2) is 12.6. The van der Waals surface area contributed by atoms with Gasteiger partial charge in [-0.2, -0.15) is 4.98 Å². The highest BCUT2D eigenvalue weighted by atomic mass is 16.4. The molecule has 3 aromatic heterocycles. The SMILES string of the molecule is CC#CCn1c(N2CCC[C@@H](N)C2)nc2c1c(=O)n(Cc1nc(C)c3ccccc3n1)c(=O)n2C.O=C(O)CC(=O)O. The third-order valence-electron chi connectivity index (χ3n) is 6.81. The smallest absolute Gasteiger partial charge is 0.332 e. The van der Waals surface area contributed by atoms with E-state index < -0.39 is 29.6 Å². The largest absolute Gasteiger partial charge is 0.481 e. The Morgan fingerprint density at radius 2 is 1.81 bits per heavy atom. The van der Waals surface area contributed by atoms with Crippen molar-refractivity contribution in [2.24, 2.45) is 12.8 Å². The molecule has 220 valence electrons. The molecule has 0 bridgehead atoms. The minimum Gasteiger partial charge on any atom is -0.481 e. The number of aromatic nitrogens is 6. The van der Waals surface area contributed by atoms with Crippen LogP contribution in [-0.2, 0) is 29.7 Å². The van der Waals surface area contributed by atoms with Gasteiger partial charge in [-0.1, -0.05) is 24.1 Å². The van der Waals surface area contributed by atoms with Crippen molar-refractivity contribution in [2.45, 2.75) is 52.2 Å². The molecule has 0 unspecified atom stereocenters. The predicted molar refractivity (Wildman–Crippen MR) is 155 cm³/mol. The minimum atomic E-state index is -1.31. The predicted octanol–water partition coefficient (Wildman–Crippen LogP) is 0.693. The summed E-state index contributed by atoms with van der Waals surface area (Å²) in [5.74, 6) is 4.33. The highest BCUT2D eigenvalue weighted by molar-refractivity contribution is 5.88. The van der Waals surface area contributed by atoms with E-state index in [0.29, 0.717) is 29.5 Å². The normalized spacial score (nSPS) is 14.7. The zero-order valence-electron chi connectivity index (χ0n) is 23.6. The Hall–Kier alpha value is -5.03. The van der Waals surface area contributed by atoms with Crippen LogP contribution in [0.1, 0.15) is 37.7 Å². The number of hydrogen-bond donors (Lipinski definition) is 3. The van der Waals surface area contributed by atoms with E-state index in [1.807, 2.05) is 31.2 Å². The van der Waals surface area contributed by atoms with E-state index in [4.69, 9.17) is 20.9 Å². The molecule has 4 heterocycles. The molecule has 0 saturated carbocycles. The molecule has 42 heavy (non-hydrogen) atoms. The third kappa shape index (κ3) is 6.31. The number of para-hydroxylation sites is 1. The van der Waals surface area contributed by atoms with Gasteiger partial charge in [-0.15, -0.1) is 5.92 Å². The van der Waals surface area contributed by atoms with Crippen LogP contribution < -0.4 is 21.9 Å². The molecule has 5 rings (SSSR count). The quantitative estimate of drug-likeness (QED) is 0.216. The van der Waals surface area contributed by atoms with Gasteiger partial charge in [0.1, 0.15) is 12.2 Å². The summed E-state index contributed by atoms with van der Waals surface area (Å²) < 4.78 is 4.39. The summed E-state index contributed by atoms with van der Waals surface area (Å²) >= 11 is 0. The third-order valence-corrected chi connectivity index (χ3v) is 6.81. The van der Waals surface area contributed by atoms with Gasteiger partial charge in [0.05, 0.1) is 18.6 Å². The highest BCUT2D eigenvalue weighted by Gasteiger charge is 2.26. The number of imidazole rings is 1. The van der Waals surface area contributed by atoms with Crippen LogP contribution in [0, 0.1) is 18.8 Å². The Morgan fingerprint density at radius 3 is 2.45 bits per heavy atom. The number of anilines is 1. The lowest BCUT2D eigenvalue weighted by molar-refractivity contribution is -0.147. The summed E-state index contributed by atoms with van der Waals surface area (Å²) in [6, 6.07) is 7.71. The zero-order chi connectivity index (χ0) is 30.6. The van der Waals surface area contributed by atoms with E-state index in [-0.39, 0.29) is 19.1 Å². The monoisotopic (exact) mass is 576 g/mol. The van der Waals surface area contributed by atoms with E-state index in [1.165, 1.54) is 9.13 Å². The number of aliphatic carboxylic acids is 2. The molecule has 1 saturated heterocycles. The van der Waals surface area contributed by atoms with E-state index in [1.54, 1.807) is 18.5 Å². The number of fused-ring (bicyclic) bond motifs is 2. The molecule has 4 N–H and O–H groups in total. The number of rotatable bonds is 6. The van der Waals surface area contributed by atoms with Crippen molar-refractivity contribution in [3.05, 3.63) is 56.6 Å². The fraction of sp³-hybridized carbons (Fsp3) is 0.393. The average Bonchev–Trinajstić information content (AvgIpc) is 3.32. The summed E-state index contributed by atoms with van der Waals surface area (Å²) in [6.07, 6.45) is 1.08.